The van der Waals surface area contributed by atoms with E-state index in [1.54, 1.807) is 7.05 Å². The number of hydrogen-bond acceptors (Lipinski definition) is 4. The van der Waals surface area contributed by atoms with Crippen molar-refractivity contribution in [1.29, 1.82) is 0 Å². The highest BCUT2D eigenvalue weighted by Crippen LogP contribution is 2.11. The third kappa shape index (κ3) is 6.86. The van der Waals surface area contributed by atoms with E-state index in [9.17, 15) is 9.59 Å². The third-order valence-corrected chi connectivity index (χ3v) is 2.87. The highest BCUT2D eigenvalue weighted by molar-refractivity contribution is 5.85. The molecule has 0 aromatic carbocycles. The summed E-state index contributed by atoms with van der Waals surface area (Å²) >= 11 is 0. The van der Waals surface area contributed by atoms with Crippen molar-refractivity contribution in [3.63, 3.8) is 0 Å². The van der Waals surface area contributed by atoms with Crippen LogP contribution in [0.4, 0.5) is 0 Å². The van der Waals surface area contributed by atoms with E-state index in [1.165, 1.54) is 4.90 Å². The molecule has 0 radical (unpaired) electrons. The number of amides is 2. The van der Waals surface area contributed by atoms with Gasteiger partial charge in [-0.2, -0.15) is 0 Å². The van der Waals surface area contributed by atoms with E-state index in [2.05, 4.69) is 5.32 Å². The minimum absolute atomic E-state index is 0.0147. The van der Waals surface area contributed by atoms with Gasteiger partial charge in [-0.05, 0) is 33.6 Å². The van der Waals surface area contributed by atoms with Crippen LogP contribution in [0.15, 0.2) is 0 Å². The van der Waals surface area contributed by atoms with Crippen LogP contribution in [-0.2, 0) is 19.1 Å². The van der Waals surface area contributed by atoms with E-state index in [4.69, 9.17) is 9.47 Å². The predicted molar refractivity (Wildman–Crippen MR) is 75.3 cm³/mol. The Bertz CT molecular complexity index is 333. The van der Waals surface area contributed by atoms with E-state index in [1.807, 2.05) is 20.8 Å². The second kappa shape index (κ2) is 7.59. The molecule has 1 unspecified atom stereocenters. The molecular weight excluding hydrogens is 260 g/mol. The summed E-state index contributed by atoms with van der Waals surface area (Å²) in [4.78, 5) is 24.9. The molecule has 1 fully saturated rings. The number of hydrogen-bond donors (Lipinski definition) is 1. The van der Waals surface area contributed by atoms with E-state index < -0.39 is 0 Å². The topological polar surface area (TPSA) is 67.9 Å². The number of nitrogens with one attached hydrogen (secondary N) is 1. The maximum Gasteiger partial charge on any atom is 0.248 e. The Hall–Kier alpha value is -1.14. The third-order valence-electron chi connectivity index (χ3n) is 2.87. The van der Waals surface area contributed by atoms with Gasteiger partial charge in [-0.3, -0.25) is 9.59 Å². The van der Waals surface area contributed by atoms with Gasteiger partial charge >= 0.3 is 0 Å². The Balaban J connectivity index is 2.19. The van der Waals surface area contributed by atoms with Crippen LogP contribution in [-0.4, -0.2) is 61.8 Å². The maximum absolute atomic E-state index is 11.8. The highest BCUT2D eigenvalue weighted by atomic mass is 16.5. The molecule has 1 atom stereocenters. The van der Waals surface area contributed by atoms with Crippen molar-refractivity contribution in [2.45, 2.75) is 45.3 Å². The second-order valence-corrected chi connectivity index (χ2v) is 6.20. The molecule has 20 heavy (non-hydrogen) atoms. The van der Waals surface area contributed by atoms with Crippen LogP contribution in [0.2, 0.25) is 0 Å². The van der Waals surface area contributed by atoms with Crippen molar-refractivity contribution in [2.75, 3.05) is 33.4 Å². The van der Waals surface area contributed by atoms with E-state index >= 15 is 0 Å². The molecule has 1 saturated heterocycles. The zero-order valence-corrected chi connectivity index (χ0v) is 12.9. The van der Waals surface area contributed by atoms with Gasteiger partial charge in [0.05, 0.1) is 19.3 Å². The summed E-state index contributed by atoms with van der Waals surface area (Å²) in [5, 5.41) is 2.81. The maximum atomic E-state index is 11.8. The Morgan fingerprint density at radius 2 is 2.10 bits per heavy atom. The van der Waals surface area contributed by atoms with E-state index in [-0.39, 0.29) is 36.6 Å². The highest BCUT2D eigenvalue weighted by Gasteiger charge is 2.19. The Labute approximate surface area is 120 Å². The summed E-state index contributed by atoms with van der Waals surface area (Å²) in [6.07, 6.45) is 2.14. The quantitative estimate of drug-likeness (QED) is 0.774. The molecule has 1 N–H and O–H groups in total. The van der Waals surface area contributed by atoms with Crippen LogP contribution < -0.4 is 5.32 Å². The van der Waals surface area contributed by atoms with Gasteiger partial charge in [0.15, 0.2) is 0 Å². The Morgan fingerprint density at radius 1 is 1.40 bits per heavy atom. The number of ether oxygens (including phenoxy) is 2. The molecule has 0 spiro atoms. The molecule has 1 aliphatic rings. The summed E-state index contributed by atoms with van der Waals surface area (Å²) in [6.45, 7) is 6.94. The Kier molecular flexibility index (Phi) is 6.42. The average molecular weight is 286 g/mol. The fourth-order valence-electron chi connectivity index (χ4n) is 1.93. The predicted octanol–water partition coefficient (Wildman–Crippen LogP) is 0.555. The van der Waals surface area contributed by atoms with Crippen LogP contribution in [0.5, 0.6) is 0 Å². The molecule has 0 aromatic heterocycles. The summed E-state index contributed by atoms with van der Waals surface area (Å²) < 4.78 is 10.7. The lowest BCUT2D eigenvalue weighted by Gasteiger charge is -2.23. The van der Waals surface area contributed by atoms with Crippen molar-refractivity contribution in [3.05, 3.63) is 0 Å². The monoisotopic (exact) mass is 286 g/mol. The van der Waals surface area contributed by atoms with Crippen molar-refractivity contribution < 1.29 is 19.1 Å². The zero-order chi connectivity index (χ0) is 15.2. The van der Waals surface area contributed by atoms with E-state index in [0.717, 1.165) is 19.4 Å². The van der Waals surface area contributed by atoms with Crippen LogP contribution in [0.3, 0.4) is 0 Å². The second-order valence-electron chi connectivity index (χ2n) is 6.20. The van der Waals surface area contributed by atoms with Crippen LogP contribution in [0.25, 0.3) is 0 Å². The normalized spacial score (nSPS) is 18.9. The summed E-state index contributed by atoms with van der Waals surface area (Å²) in [6, 6.07) is 0. The molecule has 6 heteroatoms. The van der Waals surface area contributed by atoms with Crippen molar-refractivity contribution in [1.82, 2.24) is 10.2 Å². The van der Waals surface area contributed by atoms with Crippen LogP contribution in [0, 0.1) is 0 Å². The molecule has 6 nitrogen and oxygen atoms in total. The molecule has 1 aliphatic heterocycles. The minimum Gasteiger partial charge on any atom is -0.376 e. The molecule has 1 heterocycles. The van der Waals surface area contributed by atoms with Gasteiger partial charge in [-0.15, -0.1) is 0 Å². The summed E-state index contributed by atoms with van der Waals surface area (Å²) in [5.41, 5.74) is -0.294. The molecule has 1 rings (SSSR count). The first-order valence-corrected chi connectivity index (χ1v) is 7.02. The number of carbonyl (C=O) groups excluding carboxylic acids is 2. The number of carbonyl (C=O) groups is 2. The van der Waals surface area contributed by atoms with Crippen molar-refractivity contribution in [3.8, 4) is 0 Å². The standard InChI is InChI=1S/C14H26N2O4/c1-14(2,3)15-12(17)8-16(4)13(18)10-19-9-11-6-5-7-20-11/h11H,5-10H2,1-4H3,(H,15,17). The first kappa shape index (κ1) is 16.9. The lowest BCUT2D eigenvalue weighted by atomic mass is 10.1. The lowest BCUT2D eigenvalue weighted by Crippen LogP contribution is -2.46. The first-order chi connectivity index (χ1) is 9.28. The van der Waals surface area contributed by atoms with Crippen molar-refractivity contribution >= 4 is 11.8 Å². The molecule has 116 valence electrons. The lowest BCUT2D eigenvalue weighted by molar-refractivity contribution is -0.139. The zero-order valence-electron chi connectivity index (χ0n) is 12.9. The fraction of sp³-hybridized carbons (Fsp3) is 0.857. The van der Waals surface area contributed by atoms with Gasteiger partial charge in [-0.1, -0.05) is 0 Å². The smallest absolute Gasteiger partial charge is 0.248 e. The SMILES string of the molecule is CN(CC(=O)NC(C)(C)C)C(=O)COCC1CCCO1. The summed E-state index contributed by atoms with van der Waals surface area (Å²) in [7, 11) is 1.60. The molecule has 2 amide bonds. The average Bonchev–Trinajstić information content (AvgIpc) is 2.78. The van der Waals surface area contributed by atoms with Crippen molar-refractivity contribution in [2.24, 2.45) is 0 Å². The van der Waals surface area contributed by atoms with Gasteiger partial charge in [0.1, 0.15) is 6.61 Å². The number of likely N-dealkylation sites (N-methyl/N-ethyl adjacent to an activating group) is 1. The van der Waals surface area contributed by atoms with Crippen LogP contribution in [0.1, 0.15) is 33.6 Å². The van der Waals surface area contributed by atoms with Gasteiger partial charge in [0.25, 0.3) is 0 Å². The number of nitrogens with zero attached hydrogens (tertiary/aromatic N) is 1. The van der Waals surface area contributed by atoms with Gasteiger partial charge in [0, 0.05) is 19.2 Å². The molecule has 0 saturated carbocycles. The molecule has 0 aliphatic carbocycles. The number of rotatable bonds is 6. The minimum atomic E-state index is -0.294. The van der Waals surface area contributed by atoms with Gasteiger partial charge < -0.3 is 19.7 Å². The first-order valence-electron chi connectivity index (χ1n) is 7.02. The molecule has 0 bridgehead atoms. The van der Waals surface area contributed by atoms with Gasteiger partial charge in [0.2, 0.25) is 11.8 Å². The Morgan fingerprint density at radius 3 is 2.65 bits per heavy atom. The molecular formula is C14H26N2O4. The molecule has 0 aromatic rings. The van der Waals surface area contributed by atoms with E-state index in [0.29, 0.717) is 6.61 Å². The van der Waals surface area contributed by atoms with Crippen LogP contribution >= 0.6 is 0 Å². The fourth-order valence-corrected chi connectivity index (χ4v) is 1.93. The summed E-state index contributed by atoms with van der Waals surface area (Å²) in [5.74, 6) is -0.375. The largest absolute Gasteiger partial charge is 0.376 e. The van der Waals surface area contributed by atoms with Gasteiger partial charge in [-0.25, -0.2) is 0 Å².